The van der Waals surface area contributed by atoms with E-state index >= 15 is 0 Å². The Labute approximate surface area is 134 Å². The minimum atomic E-state index is 0.697. The van der Waals surface area contributed by atoms with Crippen LogP contribution in [0.3, 0.4) is 0 Å². The average Bonchev–Trinajstić information content (AvgIpc) is 2.80. The molecule has 0 aliphatic carbocycles. The van der Waals surface area contributed by atoms with Gasteiger partial charge in [-0.2, -0.15) is 0 Å². The molecule has 0 bridgehead atoms. The molecule has 0 atom stereocenters. The molecule has 0 saturated heterocycles. The van der Waals surface area contributed by atoms with Gasteiger partial charge in [-0.1, -0.05) is 17.7 Å². The number of aryl methyl sites for hydroxylation is 1. The number of halogens is 1. The highest BCUT2D eigenvalue weighted by atomic mass is 35.5. The van der Waals surface area contributed by atoms with Crippen LogP contribution in [0.2, 0.25) is 5.02 Å². The maximum absolute atomic E-state index is 6.12. The van der Waals surface area contributed by atoms with Gasteiger partial charge < -0.3 is 10.2 Å². The van der Waals surface area contributed by atoms with Gasteiger partial charge in [-0.15, -0.1) is 11.3 Å². The molecule has 0 amide bonds. The monoisotopic (exact) mass is 324 g/mol. The second kappa shape index (κ2) is 6.57. The first-order chi connectivity index (χ1) is 9.49. The molecule has 0 spiro atoms. The van der Waals surface area contributed by atoms with Gasteiger partial charge in [0.15, 0.2) is 5.11 Å². The second-order valence-electron chi connectivity index (χ2n) is 4.73. The molecule has 0 fully saturated rings. The highest BCUT2D eigenvalue weighted by Crippen LogP contribution is 2.23. The van der Waals surface area contributed by atoms with E-state index in [1.165, 1.54) is 10.4 Å². The predicted octanol–water partition coefficient (Wildman–Crippen LogP) is 4.85. The Morgan fingerprint density at radius 2 is 2.10 bits per heavy atom. The van der Waals surface area contributed by atoms with Crippen molar-refractivity contribution in [2.75, 3.05) is 12.4 Å². The van der Waals surface area contributed by atoms with Crippen molar-refractivity contribution in [2.45, 2.75) is 20.4 Å². The molecular formula is C15H17ClN2S2. The van der Waals surface area contributed by atoms with Crippen LogP contribution in [0.5, 0.6) is 0 Å². The van der Waals surface area contributed by atoms with Crippen LogP contribution >= 0.6 is 35.2 Å². The van der Waals surface area contributed by atoms with E-state index in [1.54, 1.807) is 11.3 Å². The SMILES string of the molecule is Cc1ccsc1CN(C)C(=S)Nc1cccc(Cl)c1C. The predicted molar refractivity (Wildman–Crippen MR) is 92.9 cm³/mol. The number of hydrogen-bond acceptors (Lipinski definition) is 2. The van der Waals surface area contributed by atoms with E-state index in [-0.39, 0.29) is 0 Å². The van der Waals surface area contributed by atoms with Crippen molar-refractivity contribution in [3.05, 3.63) is 50.7 Å². The molecule has 0 aliphatic rings. The number of nitrogens with zero attached hydrogens (tertiary/aromatic N) is 1. The molecule has 1 aromatic carbocycles. The van der Waals surface area contributed by atoms with E-state index in [0.717, 1.165) is 22.8 Å². The van der Waals surface area contributed by atoms with E-state index in [9.17, 15) is 0 Å². The van der Waals surface area contributed by atoms with Gasteiger partial charge in [0.25, 0.3) is 0 Å². The summed E-state index contributed by atoms with van der Waals surface area (Å²) < 4.78 is 0. The van der Waals surface area contributed by atoms with Gasteiger partial charge in [0.05, 0.1) is 6.54 Å². The van der Waals surface area contributed by atoms with Crippen LogP contribution in [0.25, 0.3) is 0 Å². The van der Waals surface area contributed by atoms with Gasteiger partial charge in [-0.3, -0.25) is 0 Å². The van der Waals surface area contributed by atoms with Crippen molar-refractivity contribution in [1.82, 2.24) is 4.90 Å². The third kappa shape index (κ3) is 3.51. The number of anilines is 1. The fourth-order valence-electron chi connectivity index (χ4n) is 1.81. The summed E-state index contributed by atoms with van der Waals surface area (Å²) in [6.45, 7) is 4.92. The largest absolute Gasteiger partial charge is 0.347 e. The normalized spacial score (nSPS) is 10.4. The van der Waals surface area contributed by atoms with Crippen molar-refractivity contribution in [1.29, 1.82) is 0 Å². The molecule has 5 heteroatoms. The van der Waals surface area contributed by atoms with E-state index in [0.29, 0.717) is 5.11 Å². The van der Waals surface area contributed by atoms with Crippen LogP contribution in [0.1, 0.15) is 16.0 Å². The molecule has 0 saturated carbocycles. The molecule has 1 N–H and O–H groups in total. The van der Waals surface area contributed by atoms with Crippen LogP contribution in [-0.4, -0.2) is 17.1 Å². The van der Waals surface area contributed by atoms with Crippen LogP contribution in [0.4, 0.5) is 5.69 Å². The van der Waals surface area contributed by atoms with Crippen LogP contribution in [-0.2, 0) is 6.54 Å². The minimum Gasteiger partial charge on any atom is -0.347 e. The van der Waals surface area contributed by atoms with Gasteiger partial charge in [-0.05, 0) is 60.8 Å². The van der Waals surface area contributed by atoms with E-state index in [4.69, 9.17) is 23.8 Å². The highest BCUT2D eigenvalue weighted by Gasteiger charge is 2.10. The summed E-state index contributed by atoms with van der Waals surface area (Å²) >= 11 is 13.3. The number of benzene rings is 1. The topological polar surface area (TPSA) is 15.3 Å². The Morgan fingerprint density at radius 3 is 2.75 bits per heavy atom. The molecule has 2 rings (SSSR count). The smallest absolute Gasteiger partial charge is 0.173 e. The van der Waals surface area contributed by atoms with Crippen molar-refractivity contribution >= 4 is 46.0 Å². The molecule has 1 heterocycles. The summed E-state index contributed by atoms with van der Waals surface area (Å²) in [5.41, 5.74) is 3.28. The Hall–Kier alpha value is -1.10. The van der Waals surface area contributed by atoms with Gasteiger partial charge >= 0.3 is 0 Å². The zero-order chi connectivity index (χ0) is 14.7. The maximum Gasteiger partial charge on any atom is 0.173 e. The first-order valence-corrected chi connectivity index (χ1v) is 7.96. The van der Waals surface area contributed by atoms with Crippen molar-refractivity contribution in [3.63, 3.8) is 0 Å². The number of thiocarbonyl (C=S) groups is 1. The highest BCUT2D eigenvalue weighted by molar-refractivity contribution is 7.80. The molecule has 0 radical (unpaired) electrons. The molecule has 2 nitrogen and oxygen atoms in total. The van der Waals surface area contributed by atoms with Gasteiger partial charge in [0.1, 0.15) is 0 Å². The lowest BCUT2D eigenvalue weighted by molar-refractivity contribution is 0.512. The summed E-state index contributed by atoms with van der Waals surface area (Å²) in [5, 5.41) is 6.81. The minimum absolute atomic E-state index is 0.697. The van der Waals surface area contributed by atoms with E-state index < -0.39 is 0 Å². The second-order valence-corrected chi connectivity index (χ2v) is 6.52. The standard InChI is InChI=1S/C15H17ClN2S2/c1-10-7-8-20-14(10)9-18(3)15(19)17-13-6-4-5-12(16)11(13)2/h4-8H,9H2,1-3H3,(H,17,19). The van der Waals surface area contributed by atoms with E-state index in [1.807, 2.05) is 37.1 Å². The molecule has 106 valence electrons. The lowest BCUT2D eigenvalue weighted by Gasteiger charge is -2.22. The van der Waals surface area contributed by atoms with Crippen molar-refractivity contribution < 1.29 is 0 Å². The Bertz CT molecular complexity index is 622. The number of thiophene rings is 1. The number of nitrogens with one attached hydrogen (secondary N) is 1. The third-order valence-electron chi connectivity index (χ3n) is 3.20. The van der Waals surface area contributed by atoms with Crippen molar-refractivity contribution in [2.24, 2.45) is 0 Å². The maximum atomic E-state index is 6.12. The molecule has 20 heavy (non-hydrogen) atoms. The molecule has 0 unspecified atom stereocenters. The summed E-state index contributed by atoms with van der Waals surface area (Å²) in [6.07, 6.45) is 0. The fraction of sp³-hybridized carbons (Fsp3) is 0.267. The van der Waals surface area contributed by atoms with Gasteiger partial charge in [0, 0.05) is 22.6 Å². The van der Waals surface area contributed by atoms with Gasteiger partial charge in [-0.25, -0.2) is 0 Å². The third-order valence-corrected chi connectivity index (χ3v) is 5.04. The van der Waals surface area contributed by atoms with Crippen LogP contribution in [0.15, 0.2) is 29.6 Å². The van der Waals surface area contributed by atoms with Crippen molar-refractivity contribution in [3.8, 4) is 0 Å². The number of rotatable bonds is 3. The zero-order valence-electron chi connectivity index (χ0n) is 11.7. The Balaban J connectivity index is 2.04. The lowest BCUT2D eigenvalue weighted by Crippen LogP contribution is -2.30. The quantitative estimate of drug-likeness (QED) is 0.813. The van der Waals surface area contributed by atoms with Crippen LogP contribution < -0.4 is 5.32 Å². The Kier molecular flexibility index (Phi) is 5.02. The summed E-state index contributed by atoms with van der Waals surface area (Å²) in [5.74, 6) is 0. The average molecular weight is 325 g/mol. The summed E-state index contributed by atoms with van der Waals surface area (Å²) in [6, 6.07) is 7.91. The van der Waals surface area contributed by atoms with Crippen LogP contribution in [0, 0.1) is 13.8 Å². The molecular weight excluding hydrogens is 308 g/mol. The molecule has 2 aromatic rings. The first-order valence-electron chi connectivity index (χ1n) is 6.29. The molecule has 0 aliphatic heterocycles. The molecule has 1 aromatic heterocycles. The Morgan fingerprint density at radius 1 is 1.35 bits per heavy atom. The summed E-state index contributed by atoms with van der Waals surface area (Å²) in [7, 11) is 1.99. The summed E-state index contributed by atoms with van der Waals surface area (Å²) in [4.78, 5) is 3.37. The van der Waals surface area contributed by atoms with E-state index in [2.05, 4.69) is 23.7 Å². The lowest BCUT2D eigenvalue weighted by atomic mass is 10.2. The fourth-order valence-corrected chi connectivity index (χ4v) is 3.11. The zero-order valence-corrected chi connectivity index (χ0v) is 14.1. The first kappa shape index (κ1) is 15.3. The number of hydrogen-bond donors (Lipinski definition) is 1. The van der Waals surface area contributed by atoms with Gasteiger partial charge in [0.2, 0.25) is 0 Å².